The number of benzene rings is 1. The van der Waals surface area contributed by atoms with E-state index in [0.717, 1.165) is 12.8 Å². The minimum absolute atomic E-state index is 0.0477. The van der Waals surface area contributed by atoms with Crippen LogP contribution in [0.15, 0.2) is 12.1 Å². The highest BCUT2D eigenvalue weighted by Gasteiger charge is 2.48. The van der Waals surface area contributed by atoms with Gasteiger partial charge in [-0.25, -0.2) is 12.7 Å². The maximum absolute atomic E-state index is 13.5. The number of hydrogen-bond acceptors (Lipinski definition) is 9. The fourth-order valence-electron chi connectivity index (χ4n) is 6.04. The zero-order chi connectivity index (χ0) is 28.9. The quantitative estimate of drug-likeness (QED) is 0.328. The van der Waals surface area contributed by atoms with Crippen molar-refractivity contribution in [2.24, 2.45) is 11.7 Å². The standard InChI is InChI=1S/C27H42N4O8S/c1-3-4-9-29(10-5-8-28)24(32)17-30-16-20(19-14-22(37-2)26-23(15-19)38-18-39-26)25(27(33)34)21(30)7-12-31-11-6-13-40(31,35)36/h14-15,20-21,25H,3-13,16-18,28H2,1-2H3,(H,33,34)/t20-,21+,25?/m1/s1. The van der Waals surface area contributed by atoms with Gasteiger partial charge >= 0.3 is 5.97 Å². The molecule has 3 heterocycles. The van der Waals surface area contributed by atoms with Crippen molar-refractivity contribution in [2.45, 2.75) is 51.0 Å². The number of carbonyl (C=O) groups excluding carboxylic acids is 1. The minimum Gasteiger partial charge on any atom is -0.493 e. The Hall–Kier alpha value is -2.61. The first-order chi connectivity index (χ1) is 19.2. The molecule has 0 aliphatic carbocycles. The second-order valence-electron chi connectivity index (χ2n) is 10.7. The van der Waals surface area contributed by atoms with Gasteiger partial charge in [-0.15, -0.1) is 0 Å². The lowest BCUT2D eigenvalue weighted by Crippen LogP contribution is -2.46. The van der Waals surface area contributed by atoms with E-state index in [1.807, 2.05) is 9.80 Å². The van der Waals surface area contributed by atoms with E-state index in [4.69, 9.17) is 19.9 Å². The number of aliphatic carboxylic acids is 1. The molecule has 1 amide bonds. The predicted octanol–water partition coefficient (Wildman–Crippen LogP) is 1.30. The van der Waals surface area contributed by atoms with Crippen LogP contribution >= 0.6 is 0 Å². The number of sulfonamides is 1. The van der Waals surface area contributed by atoms with E-state index in [0.29, 0.717) is 74.8 Å². The van der Waals surface area contributed by atoms with Crippen molar-refractivity contribution in [3.05, 3.63) is 17.7 Å². The summed E-state index contributed by atoms with van der Waals surface area (Å²) in [5.41, 5.74) is 6.43. The number of amides is 1. The summed E-state index contributed by atoms with van der Waals surface area (Å²) in [6.07, 6.45) is 3.36. The predicted molar refractivity (Wildman–Crippen MR) is 148 cm³/mol. The number of unbranched alkanes of at least 4 members (excludes halogenated alkanes) is 1. The lowest BCUT2D eigenvalue weighted by molar-refractivity contribution is -0.143. The van der Waals surface area contributed by atoms with Gasteiger partial charge in [-0.1, -0.05) is 13.3 Å². The molecule has 224 valence electrons. The second kappa shape index (κ2) is 13.4. The van der Waals surface area contributed by atoms with Crippen LogP contribution in [-0.4, -0.2) is 111 Å². The number of nitrogens with two attached hydrogens (primary N) is 1. The molecule has 3 aliphatic rings. The molecule has 13 heteroatoms. The molecular formula is C27H42N4O8S. The van der Waals surface area contributed by atoms with Crippen molar-refractivity contribution in [3.63, 3.8) is 0 Å². The van der Waals surface area contributed by atoms with Gasteiger partial charge in [0.05, 0.1) is 25.3 Å². The third kappa shape index (κ3) is 6.64. The zero-order valence-electron chi connectivity index (χ0n) is 23.4. The average Bonchev–Trinajstić information content (AvgIpc) is 3.63. The summed E-state index contributed by atoms with van der Waals surface area (Å²) in [6, 6.07) is 3.02. The van der Waals surface area contributed by atoms with E-state index in [9.17, 15) is 23.1 Å². The van der Waals surface area contributed by atoms with Crippen molar-refractivity contribution in [2.75, 3.05) is 65.5 Å². The first-order valence-electron chi connectivity index (χ1n) is 14.1. The highest BCUT2D eigenvalue weighted by molar-refractivity contribution is 7.89. The molecule has 0 aromatic heterocycles. The second-order valence-corrected chi connectivity index (χ2v) is 12.7. The molecule has 0 bridgehead atoms. The number of carboxylic acids is 1. The van der Waals surface area contributed by atoms with Gasteiger partial charge in [0.25, 0.3) is 0 Å². The fourth-order valence-corrected chi connectivity index (χ4v) is 7.58. The Morgan fingerprint density at radius 3 is 2.65 bits per heavy atom. The van der Waals surface area contributed by atoms with E-state index >= 15 is 0 Å². The fraction of sp³-hybridized carbons (Fsp3) is 0.704. The summed E-state index contributed by atoms with van der Waals surface area (Å²) < 4.78 is 43.0. The van der Waals surface area contributed by atoms with Crippen molar-refractivity contribution in [1.82, 2.24) is 14.1 Å². The van der Waals surface area contributed by atoms with Crippen molar-refractivity contribution >= 4 is 21.9 Å². The minimum atomic E-state index is -3.34. The Kier molecular flexibility index (Phi) is 10.1. The van der Waals surface area contributed by atoms with Gasteiger partial charge in [0.1, 0.15) is 0 Å². The lowest BCUT2D eigenvalue weighted by atomic mass is 9.84. The van der Waals surface area contributed by atoms with Crippen molar-refractivity contribution in [3.8, 4) is 17.2 Å². The lowest BCUT2D eigenvalue weighted by Gasteiger charge is -2.30. The molecule has 1 aromatic rings. The number of hydrogen-bond donors (Lipinski definition) is 2. The smallest absolute Gasteiger partial charge is 0.308 e. The molecule has 0 spiro atoms. The van der Waals surface area contributed by atoms with Gasteiger partial charge in [-0.2, -0.15) is 0 Å². The van der Waals surface area contributed by atoms with Crippen LogP contribution in [0.5, 0.6) is 17.2 Å². The van der Waals surface area contributed by atoms with E-state index in [1.165, 1.54) is 11.4 Å². The van der Waals surface area contributed by atoms with Gasteiger partial charge in [0.15, 0.2) is 11.5 Å². The third-order valence-corrected chi connectivity index (χ3v) is 10.1. The van der Waals surface area contributed by atoms with Gasteiger partial charge in [-0.05, 0) is 49.9 Å². The van der Waals surface area contributed by atoms with Crippen LogP contribution in [-0.2, 0) is 19.6 Å². The first-order valence-corrected chi connectivity index (χ1v) is 15.7. The SMILES string of the molecule is CCCCN(CCCN)C(=O)CN1C[C@H](c2cc(OC)c3c(c2)OCO3)C(C(=O)O)[C@@H]1CCN1CCCS1(=O)=O. The molecule has 0 saturated carbocycles. The van der Waals surface area contributed by atoms with Gasteiger partial charge in [-0.3, -0.25) is 14.5 Å². The maximum atomic E-state index is 13.5. The number of fused-ring (bicyclic) bond motifs is 1. The molecule has 3 aliphatic heterocycles. The summed E-state index contributed by atoms with van der Waals surface area (Å²) >= 11 is 0. The van der Waals surface area contributed by atoms with Gasteiger partial charge in [0.2, 0.25) is 28.5 Å². The Bertz CT molecular complexity index is 1160. The molecule has 4 rings (SSSR count). The first kappa shape index (κ1) is 30.4. The van der Waals surface area contributed by atoms with Crippen LogP contribution in [0.4, 0.5) is 0 Å². The molecule has 2 fully saturated rings. The van der Waals surface area contributed by atoms with E-state index < -0.39 is 33.9 Å². The molecule has 3 atom stereocenters. The molecular weight excluding hydrogens is 540 g/mol. The highest BCUT2D eigenvalue weighted by Crippen LogP contribution is 2.47. The number of carbonyl (C=O) groups is 2. The van der Waals surface area contributed by atoms with Crippen LogP contribution < -0.4 is 19.9 Å². The number of methoxy groups -OCH3 is 1. The van der Waals surface area contributed by atoms with E-state index in [1.54, 1.807) is 12.1 Å². The van der Waals surface area contributed by atoms with Crippen molar-refractivity contribution < 1.29 is 37.3 Å². The molecule has 12 nitrogen and oxygen atoms in total. The van der Waals surface area contributed by atoms with Crippen LogP contribution in [0, 0.1) is 5.92 Å². The monoisotopic (exact) mass is 582 g/mol. The average molecular weight is 583 g/mol. The third-order valence-electron chi connectivity index (χ3n) is 8.12. The van der Waals surface area contributed by atoms with Crippen molar-refractivity contribution in [1.29, 1.82) is 0 Å². The molecule has 3 N–H and O–H groups in total. The summed E-state index contributed by atoms with van der Waals surface area (Å²) in [5, 5.41) is 10.5. The van der Waals surface area contributed by atoms with Crippen LogP contribution in [0.3, 0.4) is 0 Å². The van der Waals surface area contributed by atoms with Crippen LogP contribution in [0.1, 0.15) is 50.5 Å². The number of ether oxygens (including phenoxy) is 3. The maximum Gasteiger partial charge on any atom is 0.308 e. The normalized spacial score (nSPS) is 23.9. The van der Waals surface area contributed by atoms with E-state index in [2.05, 4.69) is 6.92 Å². The topological polar surface area (TPSA) is 152 Å². The summed E-state index contributed by atoms with van der Waals surface area (Å²) in [5.74, 6) is -0.875. The van der Waals surface area contributed by atoms with Gasteiger partial charge in [0, 0.05) is 44.7 Å². The Morgan fingerprint density at radius 1 is 1.23 bits per heavy atom. The largest absolute Gasteiger partial charge is 0.493 e. The Labute approximate surface area is 236 Å². The molecule has 2 saturated heterocycles. The molecule has 40 heavy (non-hydrogen) atoms. The molecule has 1 unspecified atom stereocenters. The zero-order valence-corrected chi connectivity index (χ0v) is 24.2. The van der Waals surface area contributed by atoms with Crippen LogP contribution in [0.2, 0.25) is 0 Å². The Morgan fingerprint density at radius 2 is 2.00 bits per heavy atom. The number of likely N-dealkylation sites (tertiary alicyclic amines) is 1. The number of rotatable bonds is 14. The number of carboxylic acid groups (broad SMARTS) is 1. The summed E-state index contributed by atoms with van der Waals surface area (Å²) in [7, 11) is -1.82. The Balaban J connectivity index is 1.63. The summed E-state index contributed by atoms with van der Waals surface area (Å²) in [6.45, 7) is 4.76. The highest BCUT2D eigenvalue weighted by atomic mass is 32.2. The van der Waals surface area contributed by atoms with Crippen LogP contribution in [0.25, 0.3) is 0 Å². The summed E-state index contributed by atoms with van der Waals surface area (Å²) in [4.78, 5) is 30.1. The molecule has 1 aromatic carbocycles. The van der Waals surface area contributed by atoms with Gasteiger partial charge < -0.3 is 30.0 Å². The number of nitrogens with zero attached hydrogens (tertiary/aromatic N) is 3. The molecule has 0 radical (unpaired) electrons. The van der Waals surface area contributed by atoms with E-state index in [-0.39, 0.29) is 31.5 Å².